The van der Waals surface area contributed by atoms with Crippen molar-refractivity contribution >= 4 is 23.5 Å². The Labute approximate surface area is 101 Å². The van der Waals surface area contributed by atoms with Crippen LogP contribution < -0.4 is 3.71 Å². The van der Waals surface area contributed by atoms with Gasteiger partial charge in [-0.3, -0.25) is 0 Å². The Kier molecular flexibility index (Phi) is 6.37. The predicted molar refractivity (Wildman–Crippen MR) is 68.0 cm³/mol. The van der Waals surface area contributed by atoms with Gasteiger partial charge in [-0.25, -0.2) is 0 Å². The second-order valence-electron chi connectivity index (χ2n) is 4.24. The normalized spacial score (nSPS) is 11.2. The summed E-state index contributed by atoms with van der Waals surface area (Å²) >= 11 is -1.33. The summed E-state index contributed by atoms with van der Waals surface area (Å²) in [6, 6.07) is 0. The van der Waals surface area contributed by atoms with Gasteiger partial charge in [0.1, 0.15) is 0 Å². The number of hydrogen-bond acceptors (Lipinski definition) is 1. The fraction of sp³-hybridized carbons (Fsp3) is 0.750. The number of nitrogens with zero attached hydrogens (tertiary/aromatic N) is 2. The van der Waals surface area contributed by atoms with E-state index in [1.165, 1.54) is 38.3 Å². The first-order valence-corrected chi connectivity index (χ1v) is 11.6. The molecule has 0 aromatic carbocycles. The van der Waals surface area contributed by atoms with E-state index in [1.54, 1.807) is 0 Å². The number of hydrogen-bond donors (Lipinski definition) is 0. The first-order valence-electron chi connectivity index (χ1n) is 6.11. The van der Waals surface area contributed by atoms with Gasteiger partial charge in [-0.05, 0) is 0 Å². The van der Waals surface area contributed by atoms with Gasteiger partial charge in [0, 0.05) is 0 Å². The van der Waals surface area contributed by atoms with Crippen molar-refractivity contribution in [3.8, 4) is 0 Å². The SMILES string of the molecule is CCC[CH2][Sn]([CH2]CCC)[c]1cn(C)cn1. The van der Waals surface area contributed by atoms with Crippen LogP contribution in [0.15, 0.2) is 12.5 Å². The average molecular weight is 314 g/mol. The molecule has 0 atom stereocenters. The standard InChI is InChI=1S/C4H5N2.2C4H9.Sn/c1-6-3-2-5-4-6;2*1-3-4-2;/h3-4H,1H3;2*1,3-4H2,2H3;. The van der Waals surface area contributed by atoms with Gasteiger partial charge in [-0.1, -0.05) is 0 Å². The second-order valence-corrected chi connectivity index (χ2v) is 12.0. The molecule has 1 aromatic heterocycles. The molecule has 0 spiro atoms. The Balaban J connectivity index is 2.54. The molecular formula is C12H23N2Sn. The van der Waals surface area contributed by atoms with Crippen LogP contribution in [0, 0.1) is 0 Å². The zero-order valence-corrected chi connectivity index (χ0v) is 13.1. The minimum atomic E-state index is -1.33. The molecule has 1 rings (SSSR count). The maximum atomic E-state index is 4.57. The molecule has 85 valence electrons. The Morgan fingerprint density at radius 3 is 2.20 bits per heavy atom. The molecule has 0 fully saturated rings. The molecule has 2 nitrogen and oxygen atoms in total. The van der Waals surface area contributed by atoms with Crippen molar-refractivity contribution in [2.24, 2.45) is 7.05 Å². The summed E-state index contributed by atoms with van der Waals surface area (Å²) in [7, 11) is 2.08. The van der Waals surface area contributed by atoms with Crippen LogP contribution in [0.3, 0.4) is 0 Å². The zero-order chi connectivity index (χ0) is 11.1. The molecule has 3 heteroatoms. The molecule has 15 heavy (non-hydrogen) atoms. The van der Waals surface area contributed by atoms with Gasteiger partial charge in [0.25, 0.3) is 0 Å². The van der Waals surface area contributed by atoms with E-state index in [9.17, 15) is 0 Å². The Bertz CT molecular complexity index is 262. The summed E-state index contributed by atoms with van der Waals surface area (Å²) in [5.41, 5.74) is 0. The topological polar surface area (TPSA) is 17.8 Å². The third kappa shape index (κ3) is 4.58. The van der Waals surface area contributed by atoms with Gasteiger partial charge in [0.05, 0.1) is 0 Å². The number of rotatable bonds is 7. The molecule has 1 aromatic rings. The predicted octanol–water partition coefficient (Wildman–Crippen LogP) is 2.72. The average Bonchev–Trinajstić information content (AvgIpc) is 2.65. The molecule has 0 unspecified atom stereocenters. The van der Waals surface area contributed by atoms with Crippen LogP contribution in [0.4, 0.5) is 0 Å². The van der Waals surface area contributed by atoms with E-state index in [0.29, 0.717) is 0 Å². The molecule has 0 bridgehead atoms. The number of aryl methyl sites for hydroxylation is 1. The van der Waals surface area contributed by atoms with Crippen LogP contribution in [0.5, 0.6) is 0 Å². The van der Waals surface area contributed by atoms with E-state index < -0.39 is 19.8 Å². The van der Waals surface area contributed by atoms with Crippen molar-refractivity contribution in [3.05, 3.63) is 12.5 Å². The molecule has 0 N–H and O–H groups in total. The van der Waals surface area contributed by atoms with E-state index in [0.717, 1.165) is 0 Å². The van der Waals surface area contributed by atoms with Crippen LogP contribution in [0.2, 0.25) is 8.87 Å². The molecule has 0 aliphatic rings. The molecule has 0 aliphatic heterocycles. The van der Waals surface area contributed by atoms with Gasteiger partial charge in [-0.2, -0.15) is 0 Å². The van der Waals surface area contributed by atoms with Crippen LogP contribution >= 0.6 is 0 Å². The molecule has 0 saturated heterocycles. The summed E-state index contributed by atoms with van der Waals surface area (Å²) in [6.07, 6.45) is 9.73. The van der Waals surface area contributed by atoms with Crippen LogP contribution in [-0.2, 0) is 7.05 Å². The monoisotopic (exact) mass is 315 g/mol. The summed E-state index contributed by atoms with van der Waals surface area (Å²) in [5.74, 6) is 0. The molecule has 0 aliphatic carbocycles. The summed E-state index contributed by atoms with van der Waals surface area (Å²) in [6.45, 7) is 4.58. The molecule has 1 radical (unpaired) electrons. The van der Waals surface area contributed by atoms with Crippen molar-refractivity contribution in [3.63, 3.8) is 0 Å². The van der Waals surface area contributed by atoms with Gasteiger partial charge < -0.3 is 0 Å². The maximum absolute atomic E-state index is 4.57. The minimum absolute atomic E-state index is 1.33. The number of aromatic nitrogens is 2. The first-order chi connectivity index (χ1) is 7.27. The van der Waals surface area contributed by atoms with E-state index in [2.05, 4.69) is 36.6 Å². The summed E-state index contributed by atoms with van der Waals surface area (Å²) < 4.78 is 6.58. The first kappa shape index (κ1) is 13.1. The van der Waals surface area contributed by atoms with E-state index in [4.69, 9.17) is 0 Å². The quantitative estimate of drug-likeness (QED) is 0.708. The van der Waals surface area contributed by atoms with E-state index in [1.807, 2.05) is 6.33 Å². The van der Waals surface area contributed by atoms with Crippen LogP contribution in [-0.4, -0.2) is 29.3 Å². The summed E-state index contributed by atoms with van der Waals surface area (Å²) in [4.78, 5) is 4.57. The fourth-order valence-corrected chi connectivity index (χ4v) is 10.2. The van der Waals surface area contributed by atoms with Crippen LogP contribution in [0.25, 0.3) is 0 Å². The summed E-state index contributed by atoms with van der Waals surface area (Å²) in [5, 5.41) is 0. The molecule has 1 heterocycles. The van der Waals surface area contributed by atoms with Gasteiger partial charge in [0.2, 0.25) is 0 Å². The van der Waals surface area contributed by atoms with E-state index in [-0.39, 0.29) is 0 Å². The molecular weight excluding hydrogens is 291 g/mol. The third-order valence-corrected chi connectivity index (χ3v) is 11.0. The third-order valence-electron chi connectivity index (χ3n) is 2.73. The van der Waals surface area contributed by atoms with E-state index >= 15 is 0 Å². The van der Waals surface area contributed by atoms with Crippen molar-refractivity contribution < 1.29 is 0 Å². The zero-order valence-electron chi connectivity index (χ0n) is 10.3. The number of unbranched alkanes of at least 4 members (excludes halogenated alkanes) is 2. The Hall–Kier alpha value is 0.00870. The van der Waals surface area contributed by atoms with Gasteiger partial charge >= 0.3 is 101 Å². The fourth-order valence-electron chi connectivity index (χ4n) is 1.76. The molecule has 0 amide bonds. The van der Waals surface area contributed by atoms with Crippen molar-refractivity contribution in [2.45, 2.75) is 48.4 Å². The molecule has 0 saturated carbocycles. The Morgan fingerprint density at radius 2 is 1.80 bits per heavy atom. The van der Waals surface area contributed by atoms with Gasteiger partial charge in [0.15, 0.2) is 0 Å². The van der Waals surface area contributed by atoms with Crippen LogP contribution in [0.1, 0.15) is 39.5 Å². The van der Waals surface area contributed by atoms with Crippen molar-refractivity contribution in [1.29, 1.82) is 0 Å². The number of imidazole rings is 1. The van der Waals surface area contributed by atoms with Gasteiger partial charge in [-0.15, -0.1) is 0 Å². The van der Waals surface area contributed by atoms with Crippen molar-refractivity contribution in [1.82, 2.24) is 9.55 Å². The Morgan fingerprint density at radius 1 is 1.20 bits per heavy atom. The van der Waals surface area contributed by atoms with Crippen molar-refractivity contribution in [2.75, 3.05) is 0 Å². The second kappa shape index (κ2) is 7.31.